The predicted octanol–water partition coefficient (Wildman–Crippen LogP) is 4.03. The summed E-state index contributed by atoms with van der Waals surface area (Å²) < 4.78 is 20.4. The molecule has 0 radical (unpaired) electrons. The Morgan fingerprint density at radius 2 is 1.78 bits per heavy atom. The molecule has 4 aromatic rings. The maximum Gasteiger partial charge on any atom is 0.244 e. The maximum absolute atomic E-state index is 13.4. The highest BCUT2D eigenvalue weighted by Crippen LogP contribution is 2.26. The molecule has 0 saturated carbocycles. The molecule has 0 atom stereocenters. The van der Waals surface area contributed by atoms with Gasteiger partial charge < -0.3 is 9.64 Å². The van der Waals surface area contributed by atoms with Crippen molar-refractivity contribution in [2.45, 2.75) is 25.8 Å². The summed E-state index contributed by atoms with van der Waals surface area (Å²) >= 11 is 0. The van der Waals surface area contributed by atoms with Crippen LogP contribution in [-0.2, 0) is 17.8 Å². The van der Waals surface area contributed by atoms with Crippen LogP contribution in [0.1, 0.15) is 18.7 Å². The van der Waals surface area contributed by atoms with Gasteiger partial charge in [-0.3, -0.25) is 4.79 Å². The van der Waals surface area contributed by atoms with Crippen molar-refractivity contribution in [2.24, 2.45) is 5.92 Å². The second-order valence-corrected chi connectivity index (χ2v) is 8.85. The van der Waals surface area contributed by atoms with Crippen molar-refractivity contribution in [2.75, 3.05) is 20.2 Å². The Hall–Kier alpha value is -4.14. The Bertz CT molecular complexity index is 1320. The monoisotopic (exact) mass is 486 g/mol. The van der Waals surface area contributed by atoms with Crippen LogP contribution in [0.15, 0.2) is 67.0 Å². The summed E-state index contributed by atoms with van der Waals surface area (Å²) in [7, 11) is 1.60. The van der Waals surface area contributed by atoms with Crippen molar-refractivity contribution in [1.82, 2.24) is 29.6 Å². The summed E-state index contributed by atoms with van der Waals surface area (Å²) in [6.07, 6.45) is 6.17. The van der Waals surface area contributed by atoms with E-state index in [0.717, 1.165) is 30.7 Å². The molecule has 0 N–H and O–H groups in total. The average molecular weight is 487 g/mol. The molecule has 9 heteroatoms. The first-order valence-electron chi connectivity index (χ1n) is 12.0. The quantitative estimate of drug-likeness (QED) is 0.392. The van der Waals surface area contributed by atoms with Crippen molar-refractivity contribution in [3.05, 3.63) is 78.6 Å². The van der Waals surface area contributed by atoms with E-state index in [1.165, 1.54) is 12.1 Å². The third kappa shape index (κ3) is 5.40. The maximum atomic E-state index is 13.4. The van der Waals surface area contributed by atoms with Crippen LogP contribution in [0.5, 0.6) is 5.75 Å². The van der Waals surface area contributed by atoms with Crippen LogP contribution in [0.25, 0.3) is 22.8 Å². The number of benzene rings is 2. The van der Waals surface area contributed by atoms with Crippen LogP contribution in [0.2, 0.25) is 0 Å². The van der Waals surface area contributed by atoms with Gasteiger partial charge in [-0.2, -0.15) is 0 Å². The fourth-order valence-electron chi connectivity index (χ4n) is 4.46. The molecule has 184 valence electrons. The van der Waals surface area contributed by atoms with E-state index < -0.39 is 0 Å². The molecule has 8 nitrogen and oxygen atoms in total. The van der Waals surface area contributed by atoms with E-state index in [-0.39, 0.29) is 18.3 Å². The number of piperidine rings is 1. The van der Waals surface area contributed by atoms with Gasteiger partial charge in [-0.15, -0.1) is 5.10 Å². The van der Waals surface area contributed by atoms with Gasteiger partial charge in [-0.05, 0) is 61.2 Å². The molecule has 1 amide bonds. The molecular weight excluding hydrogens is 459 g/mol. The molecule has 5 rings (SSSR count). The lowest BCUT2D eigenvalue weighted by Crippen LogP contribution is -2.40. The number of carbonyl (C=O) groups excluding carboxylic acids is 1. The van der Waals surface area contributed by atoms with Crippen LogP contribution in [-0.4, -0.2) is 55.7 Å². The third-order valence-corrected chi connectivity index (χ3v) is 6.44. The van der Waals surface area contributed by atoms with Gasteiger partial charge in [0, 0.05) is 43.0 Å². The van der Waals surface area contributed by atoms with Gasteiger partial charge in [-0.1, -0.05) is 12.1 Å². The number of carbonyl (C=O) groups is 1. The number of hydrogen-bond acceptors (Lipinski definition) is 6. The number of halogens is 1. The van der Waals surface area contributed by atoms with Crippen LogP contribution in [0, 0.1) is 11.7 Å². The summed E-state index contributed by atoms with van der Waals surface area (Å²) in [6, 6.07) is 15.3. The number of amides is 1. The normalized spacial score (nSPS) is 14.1. The lowest BCUT2D eigenvalue weighted by atomic mass is 9.93. The van der Waals surface area contributed by atoms with Crippen LogP contribution < -0.4 is 4.74 Å². The zero-order valence-electron chi connectivity index (χ0n) is 20.0. The summed E-state index contributed by atoms with van der Waals surface area (Å²) in [4.78, 5) is 28.5. The molecule has 1 fully saturated rings. The Kier molecular flexibility index (Phi) is 6.97. The van der Waals surface area contributed by atoms with Gasteiger partial charge in [0.1, 0.15) is 23.9 Å². The first kappa shape index (κ1) is 23.6. The standard InChI is InChI=1S/C27H27FN6O2/c1-36-23-5-2-4-21(17-23)27-31-26(20-6-8-22(28)9-7-20)32-34(27)18-25(35)33-14-10-19(11-15-33)16-24-29-12-3-13-30-24/h2-9,12-13,17,19H,10-11,14-16,18H2,1H3. The molecule has 0 bridgehead atoms. The first-order valence-corrected chi connectivity index (χ1v) is 12.0. The molecule has 1 saturated heterocycles. The summed E-state index contributed by atoms with van der Waals surface area (Å²) in [6.45, 7) is 1.43. The van der Waals surface area contributed by atoms with Gasteiger partial charge in [0.25, 0.3) is 0 Å². The smallest absolute Gasteiger partial charge is 0.244 e. The van der Waals surface area contributed by atoms with Crippen molar-refractivity contribution in [3.63, 3.8) is 0 Å². The number of aromatic nitrogens is 5. The summed E-state index contributed by atoms with van der Waals surface area (Å²) in [5.41, 5.74) is 1.46. The average Bonchev–Trinajstić information content (AvgIpc) is 3.33. The molecule has 1 aliphatic rings. The van der Waals surface area contributed by atoms with Gasteiger partial charge >= 0.3 is 0 Å². The molecule has 0 aliphatic carbocycles. The van der Waals surface area contributed by atoms with Crippen molar-refractivity contribution >= 4 is 5.91 Å². The molecule has 0 unspecified atom stereocenters. The van der Waals surface area contributed by atoms with Gasteiger partial charge in [0.15, 0.2) is 11.6 Å². The van der Waals surface area contributed by atoms with E-state index in [1.807, 2.05) is 35.2 Å². The zero-order chi connectivity index (χ0) is 24.9. The highest BCUT2D eigenvalue weighted by Gasteiger charge is 2.25. The van der Waals surface area contributed by atoms with E-state index in [4.69, 9.17) is 9.72 Å². The Labute approximate surface area is 208 Å². The topological polar surface area (TPSA) is 86.0 Å². The molecule has 3 heterocycles. The molecule has 0 spiro atoms. The number of hydrogen-bond donors (Lipinski definition) is 0. The van der Waals surface area contributed by atoms with Crippen LogP contribution in [0.3, 0.4) is 0 Å². The summed E-state index contributed by atoms with van der Waals surface area (Å²) in [5, 5.41) is 4.63. The molecule has 2 aromatic carbocycles. The van der Waals surface area contributed by atoms with Crippen LogP contribution >= 0.6 is 0 Å². The van der Waals surface area contributed by atoms with Crippen molar-refractivity contribution < 1.29 is 13.9 Å². The number of ether oxygens (including phenoxy) is 1. The van der Waals surface area contributed by atoms with Crippen molar-refractivity contribution in [3.8, 4) is 28.5 Å². The lowest BCUT2D eigenvalue weighted by Gasteiger charge is -2.31. The van der Waals surface area contributed by atoms with E-state index in [0.29, 0.717) is 42.0 Å². The third-order valence-electron chi connectivity index (χ3n) is 6.44. The summed E-state index contributed by atoms with van der Waals surface area (Å²) in [5.74, 6) is 2.63. The molecular formula is C27H27FN6O2. The largest absolute Gasteiger partial charge is 0.497 e. The lowest BCUT2D eigenvalue weighted by molar-refractivity contribution is -0.133. The number of rotatable bonds is 7. The second kappa shape index (κ2) is 10.6. The van der Waals surface area contributed by atoms with Gasteiger partial charge in [0.2, 0.25) is 5.91 Å². The van der Waals surface area contributed by atoms with E-state index in [9.17, 15) is 9.18 Å². The fourth-order valence-corrected chi connectivity index (χ4v) is 4.46. The van der Waals surface area contributed by atoms with E-state index >= 15 is 0 Å². The van der Waals surface area contributed by atoms with E-state index in [1.54, 1.807) is 36.3 Å². The molecule has 1 aliphatic heterocycles. The van der Waals surface area contributed by atoms with Crippen LogP contribution in [0.4, 0.5) is 4.39 Å². The minimum Gasteiger partial charge on any atom is -0.497 e. The van der Waals surface area contributed by atoms with E-state index in [2.05, 4.69) is 15.1 Å². The first-order chi connectivity index (χ1) is 17.6. The number of methoxy groups -OCH3 is 1. The Morgan fingerprint density at radius 3 is 2.50 bits per heavy atom. The fraction of sp³-hybridized carbons (Fsp3) is 0.296. The minimum absolute atomic E-state index is 0.0101. The van der Waals surface area contributed by atoms with Crippen molar-refractivity contribution in [1.29, 1.82) is 0 Å². The predicted molar refractivity (Wildman–Crippen MR) is 132 cm³/mol. The Morgan fingerprint density at radius 1 is 1.03 bits per heavy atom. The number of likely N-dealkylation sites (tertiary alicyclic amines) is 1. The van der Waals surface area contributed by atoms with Gasteiger partial charge in [-0.25, -0.2) is 24.0 Å². The Balaban J connectivity index is 1.33. The SMILES string of the molecule is COc1cccc(-c2nc(-c3ccc(F)cc3)nn2CC(=O)N2CCC(Cc3ncccn3)CC2)c1. The second-order valence-electron chi connectivity index (χ2n) is 8.85. The molecule has 36 heavy (non-hydrogen) atoms. The highest BCUT2D eigenvalue weighted by molar-refractivity contribution is 5.77. The zero-order valence-corrected chi connectivity index (χ0v) is 20.0. The van der Waals surface area contributed by atoms with Gasteiger partial charge in [0.05, 0.1) is 7.11 Å². The number of nitrogens with zero attached hydrogens (tertiary/aromatic N) is 6. The molecule has 2 aromatic heterocycles. The highest BCUT2D eigenvalue weighted by atomic mass is 19.1. The minimum atomic E-state index is -0.330.